The van der Waals surface area contributed by atoms with E-state index in [9.17, 15) is 4.79 Å². The van der Waals surface area contributed by atoms with E-state index < -0.39 is 5.97 Å². The molecule has 1 N–H and O–H groups in total. The Balaban J connectivity index is 2.27. The first-order chi connectivity index (χ1) is 9.11. The second-order valence-electron chi connectivity index (χ2n) is 3.92. The molecule has 1 aromatic carbocycles. The van der Waals surface area contributed by atoms with Crippen molar-refractivity contribution in [3.05, 3.63) is 45.4 Å². The van der Waals surface area contributed by atoms with Gasteiger partial charge in [0, 0.05) is 22.3 Å². The van der Waals surface area contributed by atoms with Crippen molar-refractivity contribution >= 4 is 34.6 Å². The predicted molar refractivity (Wildman–Crippen MR) is 76.9 cm³/mol. The lowest BCUT2D eigenvalue weighted by atomic mass is 10.1. The molecule has 0 bridgehead atoms. The predicted octanol–water partition coefficient (Wildman–Crippen LogP) is 3.76. The van der Waals surface area contributed by atoms with Crippen molar-refractivity contribution in [2.24, 2.45) is 0 Å². The van der Waals surface area contributed by atoms with E-state index in [1.807, 2.05) is 12.3 Å². The third kappa shape index (κ3) is 3.24. The number of nitrogens with zero attached hydrogens (tertiary/aromatic N) is 1. The van der Waals surface area contributed by atoms with Crippen LogP contribution in [0.25, 0.3) is 0 Å². The second kappa shape index (κ2) is 6.04. The minimum Gasteiger partial charge on any atom is -0.465 e. The average molecular weight is 297 g/mol. The zero-order valence-electron chi connectivity index (χ0n) is 10.5. The number of nitrogens with one attached hydrogen (secondary N) is 1. The fraction of sp³-hybridized carbons (Fsp3) is 0.231. The highest BCUT2D eigenvalue weighted by Crippen LogP contribution is 2.26. The first kappa shape index (κ1) is 13.8. The fourth-order valence-corrected chi connectivity index (χ4v) is 2.48. The molecule has 6 heteroatoms. The van der Waals surface area contributed by atoms with E-state index in [1.165, 1.54) is 7.11 Å². The largest absolute Gasteiger partial charge is 0.465 e. The number of hydrogen-bond donors (Lipinski definition) is 1. The number of halogens is 1. The van der Waals surface area contributed by atoms with Crippen molar-refractivity contribution < 1.29 is 9.53 Å². The molecule has 1 aromatic heterocycles. The van der Waals surface area contributed by atoms with Crippen LogP contribution in [0.2, 0.25) is 5.02 Å². The van der Waals surface area contributed by atoms with Crippen molar-refractivity contribution in [3.8, 4) is 0 Å². The summed E-state index contributed by atoms with van der Waals surface area (Å²) in [5.74, 6) is -0.420. The van der Waals surface area contributed by atoms with Gasteiger partial charge >= 0.3 is 5.97 Å². The van der Waals surface area contributed by atoms with Gasteiger partial charge in [-0.15, -0.1) is 11.3 Å². The molecule has 0 radical (unpaired) electrons. The van der Waals surface area contributed by atoms with Gasteiger partial charge in [0.15, 0.2) is 0 Å². The van der Waals surface area contributed by atoms with E-state index in [0.29, 0.717) is 16.3 Å². The average Bonchev–Trinajstić information content (AvgIpc) is 2.94. The normalized spacial score (nSPS) is 11.9. The summed E-state index contributed by atoms with van der Waals surface area (Å²) in [6.07, 6.45) is 1.75. The third-order valence-electron chi connectivity index (χ3n) is 2.58. The van der Waals surface area contributed by atoms with Crippen LogP contribution in [0.1, 0.15) is 28.3 Å². The smallest absolute Gasteiger partial charge is 0.340 e. The van der Waals surface area contributed by atoms with Crippen LogP contribution in [0.3, 0.4) is 0 Å². The van der Waals surface area contributed by atoms with Crippen LogP contribution >= 0.6 is 22.9 Å². The summed E-state index contributed by atoms with van der Waals surface area (Å²) in [7, 11) is 1.34. The molecule has 0 aliphatic heterocycles. The minimum absolute atomic E-state index is 0.00424. The van der Waals surface area contributed by atoms with Gasteiger partial charge in [0.25, 0.3) is 0 Å². The molecule has 2 aromatic rings. The zero-order chi connectivity index (χ0) is 13.8. The first-order valence-corrected chi connectivity index (χ1v) is 6.91. The van der Waals surface area contributed by atoms with Gasteiger partial charge in [0.1, 0.15) is 5.01 Å². The van der Waals surface area contributed by atoms with Gasteiger partial charge in [-0.3, -0.25) is 0 Å². The summed E-state index contributed by atoms with van der Waals surface area (Å²) in [5, 5.41) is 6.60. The van der Waals surface area contributed by atoms with Gasteiger partial charge in [-0.25, -0.2) is 9.78 Å². The maximum Gasteiger partial charge on any atom is 0.340 e. The van der Waals surface area contributed by atoms with E-state index in [4.69, 9.17) is 16.3 Å². The Hall–Kier alpha value is -1.59. The van der Waals surface area contributed by atoms with Crippen LogP contribution in [0.15, 0.2) is 29.8 Å². The third-order valence-corrected chi connectivity index (χ3v) is 3.77. The van der Waals surface area contributed by atoms with Crippen LogP contribution in [0, 0.1) is 0 Å². The van der Waals surface area contributed by atoms with Crippen LogP contribution in [-0.4, -0.2) is 18.1 Å². The highest BCUT2D eigenvalue weighted by Gasteiger charge is 2.15. The molecular weight excluding hydrogens is 284 g/mol. The molecule has 4 nitrogen and oxygen atoms in total. The van der Waals surface area contributed by atoms with E-state index in [2.05, 4.69) is 10.3 Å². The van der Waals surface area contributed by atoms with Crippen molar-refractivity contribution in [3.63, 3.8) is 0 Å². The molecule has 2 rings (SSSR count). The number of ether oxygens (including phenoxy) is 1. The van der Waals surface area contributed by atoms with Gasteiger partial charge in [-0.2, -0.15) is 0 Å². The number of methoxy groups -OCH3 is 1. The van der Waals surface area contributed by atoms with Gasteiger partial charge in [-0.1, -0.05) is 11.6 Å². The summed E-state index contributed by atoms with van der Waals surface area (Å²) < 4.78 is 4.75. The van der Waals surface area contributed by atoms with Gasteiger partial charge in [0.05, 0.1) is 18.7 Å². The number of carbonyl (C=O) groups is 1. The van der Waals surface area contributed by atoms with E-state index in [-0.39, 0.29) is 6.04 Å². The lowest BCUT2D eigenvalue weighted by Gasteiger charge is -2.15. The molecule has 0 spiro atoms. The highest BCUT2D eigenvalue weighted by molar-refractivity contribution is 7.09. The molecule has 0 saturated carbocycles. The Bertz CT molecular complexity index is 572. The molecule has 1 atom stereocenters. The van der Waals surface area contributed by atoms with Crippen molar-refractivity contribution in [1.82, 2.24) is 4.98 Å². The van der Waals surface area contributed by atoms with Crippen molar-refractivity contribution in [2.45, 2.75) is 13.0 Å². The number of thiazole rings is 1. The van der Waals surface area contributed by atoms with Crippen molar-refractivity contribution in [1.29, 1.82) is 0 Å². The first-order valence-electron chi connectivity index (χ1n) is 5.65. The van der Waals surface area contributed by atoms with Crippen LogP contribution in [0.4, 0.5) is 5.69 Å². The number of carbonyl (C=O) groups excluding carboxylic acids is 1. The summed E-state index contributed by atoms with van der Waals surface area (Å²) in [6.45, 7) is 1.98. The topological polar surface area (TPSA) is 51.2 Å². The quantitative estimate of drug-likeness (QED) is 0.873. The second-order valence-corrected chi connectivity index (χ2v) is 5.28. The molecule has 0 saturated heterocycles. The summed E-state index contributed by atoms with van der Waals surface area (Å²) in [4.78, 5) is 16.0. The number of anilines is 1. The standard InChI is InChI=1S/C13H13ClN2O2S/c1-8(12-15-5-6-19-12)16-11-4-3-9(14)7-10(11)13(17)18-2/h3-8,16H,1-2H3. The van der Waals surface area contributed by atoms with Gasteiger partial charge in [0.2, 0.25) is 0 Å². The Labute approximate surface area is 120 Å². The number of benzene rings is 1. The SMILES string of the molecule is COC(=O)c1cc(Cl)ccc1NC(C)c1nccs1. The molecule has 0 fully saturated rings. The Morgan fingerprint density at radius 3 is 2.95 bits per heavy atom. The number of hydrogen-bond acceptors (Lipinski definition) is 5. The van der Waals surface area contributed by atoms with Crippen LogP contribution < -0.4 is 5.32 Å². The maximum atomic E-state index is 11.7. The fourth-order valence-electron chi connectivity index (χ4n) is 1.66. The Kier molecular flexibility index (Phi) is 4.39. The van der Waals surface area contributed by atoms with Gasteiger partial charge < -0.3 is 10.1 Å². The van der Waals surface area contributed by atoms with E-state index in [0.717, 1.165) is 5.01 Å². The molecule has 0 aliphatic carbocycles. The molecular formula is C13H13ClN2O2S. The van der Waals surface area contributed by atoms with Crippen LogP contribution in [0.5, 0.6) is 0 Å². The Morgan fingerprint density at radius 2 is 2.32 bits per heavy atom. The lowest BCUT2D eigenvalue weighted by Crippen LogP contribution is -2.11. The number of rotatable bonds is 4. The number of aromatic nitrogens is 1. The summed E-state index contributed by atoms with van der Waals surface area (Å²) in [5.41, 5.74) is 1.09. The molecule has 100 valence electrons. The lowest BCUT2D eigenvalue weighted by molar-refractivity contribution is 0.0602. The zero-order valence-corrected chi connectivity index (χ0v) is 12.1. The molecule has 1 heterocycles. The number of esters is 1. The monoisotopic (exact) mass is 296 g/mol. The van der Waals surface area contributed by atoms with E-state index in [1.54, 1.807) is 35.7 Å². The molecule has 19 heavy (non-hydrogen) atoms. The molecule has 0 amide bonds. The van der Waals surface area contributed by atoms with Gasteiger partial charge in [-0.05, 0) is 25.1 Å². The van der Waals surface area contributed by atoms with Crippen LogP contribution in [-0.2, 0) is 4.74 Å². The molecule has 0 aliphatic rings. The Morgan fingerprint density at radius 1 is 1.53 bits per heavy atom. The van der Waals surface area contributed by atoms with E-state index >= 15 is 0 Å². The minimum atomic E-state index is -0.420. The maximum absolute atomic E-state index is 11.7. The summed E-state index contributed by atoms with van der Waals surface area (Å²) in [6, 6.07) is 5.08. The summed E-state index contributed by atoms with van der Waals surface area (Å²) >= 11 is 7.47. The highest BCUT2D eigenvalue weighted by atomic mass is 35.5. The molecule has 1 unspecified atom stereocenters. The van der Waals surface area contributed by atoms with Crippen molar-refractivity contribution in [2.75, 3.05) is 12.4 Å².